The van der Waals surface area contributed by atoms with Crippen LogP contribution >= 0.6 is 0 Å². The number of aliphatic hydroxyl groups excluding tert-OH is 1. The van der Waals surface area contributed by atoms with E-state index in [9.17, 15) is 9.50 Å². The summed E-state index contributed by atoms with van der Waals surface area (Å²) in [7, 11) is 0. The van der Waals surface area contributed by atoms with Gasteiger partial charge in [-0.25, -0.2) is 4.39 Å². The minimum Gasteiger partial charge on any atom is -0.388 e. The molecule has 2 aromatic carbocycles. The fraction of sp³-hybridized carbons (Fsp3) is 0.250. The van der Waals surface area contributed by atoms with E-state index in [2.05, 4.69) is 0 Å². The van der Waals surface area contributed by atoms with E-state index in [1.165, 1.54) is 11.6 Å². The third-order valence-corrected chi connectivity index (χ3v) is 3.06. The first-order valence-electron chi connectivity index (χ1n) is 6.06. The number of hydrogen-bond acceptors (Lipinski definition) is 1. The molecule has 2 aromatic rings. The summed E-state index contributed by atoms with van der Waals surface area (Å²) in [6, 6.07) is 12.8. The Bertz CT molecular complexity index is 531. The van der Waals surface area contributed by atoms with E-state index in [-0.39, 0.29) is 5.82 Å². The quantitative estimate of drug-likeness (QED) is 0.872. The lowest BCUT2D eigenvalue weighted by Crippen LogP contribution is -2.04. The molecule has 0 aliphatic heterocycles. The fourth-order valence-corrected chi connectivity index (χ4v) is 1.96. The van der Waals surface area contributed by atoms with Crippen LogP contribution in [0.4, 0.5) is 4.39 Å². The summed E-state index contributed by atoms with van der Waals surface area (Å²) in [5, 5.41) is 10.1. The molecule has 0 bridgehead atoms. The van der Waals surface area contributed by atoms with Gasteiger partial charge in [-0.3, -0.25) is 0 Å². The molecule has 0 fully saturated rings. The van der Waals surface area contributed by atoms with Crippen LogP contribution in [-0.2, 0) is 6.42 Å². The van der Waals surface area contributed by atoms with Gasteiger partial charge in [-0.2, -0.15) is 0 Å². The lowest BCUT2D eigenvalue weighted by Gasteiger charge is -2.12. The number of halogens is 1. The summed E-state index contributed by atoms with van der Waals surface area (Å²) >= 11 is 0. The summed E-state index contributed by atoms with van der Waals surface area (Å²) in [6.07, 6.45) is -0.367. The Morgan fingerprint density at radius 2 is 1.61 bits per heavy atom. The van der Waals surface area contributed by atoms with E-state index < -0.39 is 6.10 Å². The van der Waals surface area contributed by atoms with Gasteiger partial charge >= 0.3 is 0 Å². The second-order valence-electron chi connectivity index (χ2n) is 4.73. The molecular formula is C16H17FO. The molecule has 0 amide bonds. The third kappa shape index (κ3) is 2.96. The van der Waals surface area contributed by atoms with Crippen LogP contribution in [0.2, 0.25) is 0 Å². The van der Waals surface area contributed by atoms with Crippen molar-refractivity contribution >= 4 is 0 Å². The summed E-state index contributed by atoms with van der Waals surface area (Å²) in [6.45, 7) is 3.85. The second-order valence-corrected chi connectivity index (χ2v) is 4.73. The van der Waals surface area contributed by atoms with Gasteiger partial charge in [0.05, 0.1) is 6.10 Å². The lowest BCUT2D eigenvalue weighted by atomic mass is 9.99. The van der Waals surface area contributed by atoms with Gasteiger partial charge in [0, 0.05) is 12.0 Å². The first-order valence-corrected chi connectivity index (χ1v) is 6.06. The van der Waals surface area contributed by atoms with Crippen LogP contribution in [0.1, 0.15) is 28.4 Å². The van der Waals surface area contributed by atoms with Crippen LogP contribution in [0.15, 0.2) is 42.5 Å². The molecule has 0 saturated heterocycles. The smallest absolute Gasteiger partial charge is 0.129 e. The standard InChI is InChI=1S/C16H17FO/c1-11-3-6-13(7-4-11)10-16(18)14-8-5-12(2)9-15(14)17/h3-9,16,18H,10H2,1-2H3. The van der Waals surface area contributed by atoms with E-state index in [0.29, 0.717) is 12.0 Å². The average Bonchev–Trinajstić information content (AvgIpc) is 2.32. The highest BCUT2D eigenvalue weighted by Crippen LogP contribution is 2.22. The maximum absolute atomic E-state index is 13.7. The largest absolute Gasteiger partial charge is 0.388 e. The fourth-order valence-electron chi connectivity index (χ4n) is 1.96. The van der Waals surface area contributed by atoms with Gasteiger partial charge in [-0.1, -0.05) is 42.0 Å². The van der Waals surface area contributed by atoms with Crippen molar-refractivity contribution < 1.29 is 9.50 Å². The van der Waals surface area contributed by atoms with Crippen LogP contribution in [0, 0.1) is 19.7 Å². The minimum atomic E-state index is -0.798. The van der Waals surface area contributed by atoms with Gasteiger partial charge in [0.15, 0.2) is 0 Å². The molecule has 2 heteroatoms. The molecule has 0 saturated carbocycles. The maximum atomic E-state index is 13.7. The van der Waals surface area contributed by atoms with Gasteiger partial charge in [-0.15, -0.1) is 0 Å². The molecular weight excluding hydrogens is 227 g/mol. The molecule has 0 spiro atoms. The van der Waals surface area contributed by atoms with Crippen molar-refractivity contribution in [3.05, 3.63) is 70.5 Å². The van der Waals surface area contributed by atoms with E-state index >= 15 is 0 Å². The predicted molar refractivity (Wildman–Crippen MR) is 71.0 cm³/mol. The van der Waals surface area contributed by atoms with Crippen molar-refractivity contribution in [3.63, 3.8) is 0 Å². The van der Waals surface area contributed by atoms with Gasteiger partial charge in [-0.05, 0) is 31.0 Å². The van der Waals surface area contributed by atoms with Gasteiger partial charge in [0.2, 0.25) is 0 Å². The molecule has 0 heterocycles. The molecule has 1 atom stereocenters. The molecule has 18 heavy (non-hydrogen) atoms. The number of benzene rings is 2. The van der Waals surface area contributed by atoms with Crippen LogP contribution in [0.5, 0.6) is 0 Å². The predicted octanol–water partition coefficient (Wildman–Crippen LogP) is 3.72. The molecule has 0 aliphatic carbocycles. The highest BCUT2D eigenvalue weighted by Gasteiger charge is 2.13. The molecule has 1 N–H and O–H groups in total. The zero-order valence-electron chi connectivity index (χ0n) is 10.7. The van der Waals surface area contributed by atoms with E-state index in [0.717, 1.165) is 11.1 Å². The Morgan fingerprint density at radius 1 is 1.00 bits per heavy atom. The van der Waals surface area contributed by atoms with Crippen LogP contribution in [0.3, 0.4) is 0 Å². The van der Waals surface area contributed by atoms with Crippen molar-refractivity contribution in [3.8, 4) is 0 Å². The average molecular weight is 244 g/mol. The molecule has 0 aliphatic rings. The Balaban J connectivity index is 2.16. The molecule has 1 unspecified atom stereocenters. The summed E-state index contributed by atoms with van der Waals surface area (Å²) < 4.78 is 13.7. The van der Waals surface area contributed by atoms with Gasteiger partial charge < -0.3 is 5.11 Å². The van der Waals surface area contributed by atoms with Crippen molar-refractivity contribution in [1.29, 1.82) is 0 Å². The van der Waals surface area contributed by atoms with E-state index in [4.69, 9.17) is 0 Å². The zero-order valence-corrected chi connectivity index (χ0v) is 10.7. The monoisotopic (exact) mass is 244 g/mol. The number of aliphatic hydroxyl groups is 1. The molecule has 2 rings (SSSR count). The maximum Gasteiger partial charge on any atom is 0.129 e. The highest BCUT2D eigenvalue weighted by molar-refractivity contribution is 5.28. The Hall–Kier alpha value is -1.67. The zero-order chi connectivity index (χ0) is 13.1. The Morgan fingerprint density at radius 3 is 2.22 bits per heavy atom. The van der Waals surface area contributed by atoms with Crippen molar-refractivity contribution in [2.45, 2.75) is 26.4 Å². The van der Waals surface area contributed by atoms with Crippen LogP contribution < -0.4 is 0 Å². The molecule has 0 radical (unpaired) electrons. The number of rotatable bonds is 3. The van der Waals surface area contributed by atoms with Crippen LogP contribution in [-0.4, -0.2) is 5.11 Å². The van der Waals surface area contributed by atoms with Crippen molar-refractivity contribution in [1.82, 2.24) is 0 Å². The SMILES string of the molecule is Cc1ccc(CC(O)c2ccc(C)cc2F)cc1. The van der Waals surface area contributed by atoms with Crippen molar-refractivity contribution in [2.24, 2.45) is 0 Å². The number of aryl methyl sites for hydroxylation is 2. The van der Waals surface area contributed by atoms with Crippen molar-refractivity contribution in [2.75, 3.05) is 0 Å². The summed E-state index contributed by atoms with van der Waals surface area (Å²) in [4.78, 5) is 0. The second kappa shape index (κ2) is 5.32. The lowest BCUT2D eigenvalue weighted by molar-refractivity contribution is 0.173. The molecule has 94 valence electrons. The Kier molecular flexibility index (Phi) is 3.78. The third-order valence-electron chi connectivity index (χ3n) is 3.06. The highest BCUT2D eigenvalue weighted by atomic mass is 19.1. The number of hydrogen-bond donors (Lipinski definition) is 1. The Labute approximate surface area is 107 Å². The first-order chi connectivity index (χ1) is 8.56. The van der Waals surface area contributed by atoms with Crippen LogP contribution in [0.25, 0.3) is 0 Å². The molecule has 0 aromatic heterocycles. The minimum absolute atomic E-state index is 0.338. The normalized spacial score (nSPS) is 12.4. The van der Waals surface area contributed by atoms with E-state index in [1.54, 1.807) is 6.07 Å². The molecule has 1 nitrogen and oxygen atoms in total. The summed E-state index contributed by atoms with van der Waals surface area (Å²) in [5.41, 5.74) is 3.41. The van der Waals surface area contributed by atoms with Gasteiger partial charge in [0.25, 0.3) is 0 Å². The van der Waals surface area contributed by atoms with E-state index in [1.807, 2.05) is 44.2 Å². The topological polar surface area (TPSA) is 20.2 Å². The van der Waals surface area contributed by atoms with Gasteiger partial charge in [0.1, 0.15) is 5.82 Å². The summed E-state index contributed by atoms with van der Waals surface area (Å²) in [5.74, 6) is -0.338. The first kappa shape index (κ1) is 12.8.